The normalized spacial score (nSPS) is 10.3. The predicted octanol–water partition coefficient (Wildman–Crippen LogP) is 1.68. The summed E-state index contributed by atoms with van der Waals surface area (Å²) in [6.07, 6.45) is 0.310. The molecule has 2 aromatic heterocycles. The van der Waals surface area contributed by atoms with Crippen molar-refractivity contribution in [3.05, 3.63) is 34.2 Å². The van der Waals surface area contributed by atoms with Crippen LogP contribution in [0.3, 0.4) is 0 Å². The Morgan fingerprint density at radius 3 is 2.90 bits per heavy atom. The summed E-state index contributed by atoms with van der Waals surface area (Å²) in [4.78, 5) is 26.0. The predicted molar refractivity (Wildman–Crippen MR) is 75.5 cm³/mol. The quantitative estimate of drug-likeness (QED) is 0.910. The highest BCUT2D eigenvalue weighted by molar-refractivity contribution is 7.10. The smallest absolute Gasteiger partial charge is 0.245 e. The summed E-state index contributed by atoms with van der Waals surface area (Å²) in [5, 5.41) is 8.15. The van der Waals surface area contributed by atoms with Gasteiger partial charge in [0.15, 0.2) is 5.82 Å². The van der Waals surface area contributed by atoms with Crippen LogP contribution in [0.5, 0.6) is 0 Å². The molecule has 0 saturated carbocycles. The molecule has 6 nitrogen and oxygen atoms in total. The van der Waals surface area contributed by atoms with E-state index in [1.807, 2.05) is 17.5 Å². The lowest BCUT2D eigenvalue weighted by Gasteiger charge is -2.15. The van der Waals surface area contributed by atoms with Gasteiger partial charge in [0.05, 0.1) is 13.0 Å². The highest BCUT2D eigenvalue weighted by atomic mass is 32.1. The number of thiophene rings is 1. The van der Waals surface area contributed by atoms with Crippen LogP contribution in [-0.2, 0) is 16.0 Å². The third kappa shape index (κ3) is 3.92. The van der Waals surface area contributed by atoms with Crippen LogP contribution in [0.25, 0.3) is 0 Å². The lowest BCUT2D eigenvalue weighted by molar-refractivity contribution is -0.132. The Hall–Kier alpha value is -2.15. The molecule has 2 heterocycles. The number of aryl methyl sites for hydroxylation is 1. The molecule has 0 atom stereocenters. The van der Waals surface area contributed by atoms with Crippen molar-refractivity contribution in [3.8, 4) is 0 Å². The number of aromatic nitrogens is 1. The van der Waals surface area contributed by atoms with Gasteiger partial charge in [0, 0.05) is 18.0 Å². The summed E-state index contributed by atoms with van der Waals surface area (Å²) in [7, 11) is 1.60. The molecule has 2 amide bonds. The first-order chi connectivity index (χ1) is 9.54. The molecule has 0 saturated heterocycles. The third-order valence-corrected chi connectivity index (χ3v) is 3.48. The third-order valence-electron chi connectivity index (χ3n) is 2.61. The van der Waals surface area contributed by atoms with E-state index in [-0.39, 0.29) is 18.4 Å². The molecular weight excluding hydrogens is 278 g/mol. The van der Waals surface area contributed by atoms with E-state index in [4.69, 9.17) is 4.52 Å². The van der Waals surface area contributed by atoms with Crippen LogP contribution in [0.2, 0.25) is 0 Å². The molecule has 0 aromatic carbocycles. The molecule has 0 aliphatic rings. The summed E-state index contributed by atoms with van der Waals surface area (Å²) in [6.45, 7) is 1.72. The van der Waals surface area contributed by atoms with Crippen LogP contribution < -0.4 is 5.32 Å². The van der Waals surface area contributed by atoms with Crippen LogP contribution in [0.1, 0.15) is 10.6 Å². The molecule has 0 unspecified atom stereocenters. The van der Waals surface area contributed by atoms with Crippen molar-refractivity contribution in [2.24, 2.45) is 0 Å². The molecule has 2 rings (SSSR count). The van der Waals surface area contributed by atoms with Crippen molar-refractivity contribution >= 4 is 29.0 Å². The molecular formula is C13H15N3O3S. The van der Waals surface area contributed by atoms with Gasteiger partial charge in [0.2, 0.25) is 11.8 Å². The molecule has 0 aliphatic carbocycles. The number of likely N-dealkylation sites (N-methyl/N-ethyl adjacent to an activating group) is 1. The zero-order chi connectivity index (χ0) is 14.5. The van der Waals surface area contributed by atoms with Crippen LogP contribution in [0.15, 0.2) is 28.1 Å². The second kappa shape index (κ2) is 6.33. The van der Waals surface area contributed by atoms with Crippen molar-refractivity contribution < 1.29 is 14.1 Å². The van der Waals surface area contributed by atoms with Gasteiger partial charge in [-0.2, -0.15) is 0 Å². The van der Waals surface area contributed by atoms with Gasteiger partial charge in [-0.15, -0.1) is 11.3 Å². The minimum atomic E-state index is -0.305. The Kier molecular flexibility index (Phi) is 4.52. The van der Waals surface area contributed by atoms with Crippen molar-refractivity contribution in [2.75, 3.05) is 18.9 Å². The van der Waals surface area contributed by atoms with Crippen LogP contribution >= 0.6 is 11.3 Å². The molecule has 20 heavy (non-hydrogen) atoms. The fraction of sp³-hybridized carbons (Fsp3) is 0.308. The number of nitrogens with zero attached hydrogens (tertiary/aromatic N) is 2. The van der Waals surface area contributed by atoms with Crippen molar-refractivity contribution in [2.45, 2.75) is 13.3 Å². The monoisotopic (exact) mass is 293 g/mol. The molecule has 0 aliphatic heterocycles. The van der Waals surface area contributed by atoms with E-state index in [9.17, 15) is 9.59 Å². The van der Waals surface area contributed by atoms with Gasteiger partial charge in [-0.1, -0.05) is 11.2 Å². The minimum absolute atomic E-state index is 0.0177. The maximum Gasteiger partial charge on any atom is 0.245 e. The molecule has 1 N–H and O–H groups in total. The number of hydrogen-bond acceptors (Lipinski definition) is 5. The van der Waals surface area contributed by atoms with E-state index in [0.717, 1.165) is 4.88 Å². The Morgan fingerprint density at radius 1 is 1.50 bits per heavy atom. The topological polar surface area (TPSA) is 75.4 Å². The zero-order valence-corrected chi connectivity index (χ0v) is 12.1. The zero-order valence-electron chi connectivity index (χ0n) is 11.3. The lowest BCUT2D eigenvalue weighted by atomic mass is 10.3. The summed E-state index contributed by atoms with van der Waals surface area (Å²) in [6, 6.07) is 5.41. The minimum Gasteiger partial charge on any atom is -0.360 e. The Balaban J connectivity index is 1.82. The van der Waals surface area contributed by atoms with Gasteiger partial charge >= 0.3 is 0 Å². The van der Waals surface area contributed by atoms with E-state index < -0.39 is 0 Å². The van der Waals surface area contributed by atoms with Gasteiger partial charge in [0.25, 0.3) is 0 Å². The number of amides is 2. The molecule has 2 aromatic rings. The second-order valence-electron chi connectivity index (χ2n) is 4.38. The Labute approximate surface area is 120 Å². The van der Waals surface area contributed by atoms with Crippen LogP contribution in [0.4, 0.5) is 5.82 Å². The van der Waals surface area contributed by atoms with E-state index in [0.29, 0.717) is 18.0 Å². The van der Waals surface area contributed by atoms with Gasteiger partial charge in [-0.05, 0) is 18.4 Å². The molecule has 106 valence electrons. The number of anilines is 1. The van der Waals surface area contributed by atoms with Crippen LogP contribution in [0, 0.1) is 6.92 Å². The van der Waals surface area contributed by atoms with Crippen molar-refractivity contribution in [3.63, 3.8) is 0 Å². The van der Waals surface area contributed by atoms with Gasteiger partial charge in [-0.25, -0.2) is 0 Å². The fourth-order valence-electron chi connectivity index (χ4n) is 1.61. The highest BCUT2D eigenvalue weighted by Crippen LogP contribution is 2.10. The largest absolute Gasteiger partial charge is 0.360 e. The number of hydrogen-bond donors (Lipinski definition) is 1. The number of nitrogens with one attached hydrogen (secondary N) is 1. The maximum absolute atomic E-state index is 11.9. The van der Waals surface area contributed by atoms with E-state index in [1.54, 1.807) is 20.0 Å². The fourth-order valence-corrected chi connectivity index (χ4v) is 2.30. The standard InChI is InChI=1S/C13H15N3O3S/c1-9-6-11(15-19-9)14-12(17)8-16(2)13(18)7-10-4-3-5-20-10/h3-6H,7-8H2,1-2H3,(H,14,15,17). The lowest BCUT2D eigenvalue weighted by Crippen LogP contribution is -2.35. The van der Waals surface area contributed by atoms with E-state index in [1.165, 1.54) is 16.2 Å². The van der Waals surface area contributed by atoms with E-state index >= 15 is 0 Å². The Morgan fingerprint density at radius 2 is 2.30 bits per heavy atom. The molecule has 0 radical (unpaired) electrons. The second-order valence-corrected chi connectivity index (χ2v) is 5.41. The van der Waals surface area contributed by atoms with Crippen molar-refractivity contribution in [1.29, 1.82) is 0 Å². The number of rotatable bonds is 5. The maximum atomic E-state index is 11.9. The van der Waals surface area contributed by atoms with Crippen LogP contribution in [-0.4, -0.2) is 35.5 Å². The first-order valence-electron chi connectivity index (χ1n) is 6.04. The molecule has 7 heteroatoms. The number of carbonyl (C=O) groups is 2. The first kappa shape index (κ1) is 14.3. The molecule has 0 bridgehead atoms. The number of carbonyl (C=O) groups excluding carboxylic acids is 2. The van der Waals surface area contributed by atoms with Gasteiger partial charge in [0.1, 0.15) is 5.76 Å². The van der Waals surface area contributed by atoms with Gasteiger partial charge < -0.3 is 14.7 Å². The average Bonchev–Trinajstić information content (AvgIpc) is 3.01. The van der Waals surface area contributed by atoms with Crippen molar-refractivity contribution in [1.82, 2.24) is 10.1 Å². The summed E-state index contributed by atoms with van der Waals surface area (Å²) in [5.41, 5.74) is 0. The SMILES string of the molecule is Cc1cc(NC(=O)CN(C)C(=O)Cc2cccs2)no1. The Bertz CT molecular complexity index is 592. The summed E-state index contributed by atoms with van der Waals surface area (Å²) < 4.78 is 4.84. The summed E-state index contributed by atoms with van der Waals surface area (Å²) >= 11 is 1.52. The summed E-state index contributed by atoms with van der Waals surface area (Å²) in [5.74, 6) is 0.563. The highest BCUT2D eigenvalue weighted by Gasteiger charge is 2.14. The first-order valence-corrected chi connectivity index (χ1v) is 6.92. The molecule has 0 fully saturated rings. The molecule has 0 spiro atoms. The van der Waals surface area contributed by atoms with E-state index in [2.05, 4.69) is 10.5 Å². The van der Waals surface area contributed by atoms with Gasteiger partial charge in [-0.3, -0.25) is 9.59 Å². The average molecular weight is 293 g/mol.